The van der Waals surface area contributed by atoms with Gasteiger partial charge in [-0.1, -0.05) is 11.6 Å². The molecule has 1 aromatic rings. The zero-order valence-electron chi connectivity index (χ0n) is 9.89. The third kappa shape index (κ3) is 3.41. The van der Waals surface area contributed by atoms with Crippen LogP contribution in [0.15, 0.2) is 0 Å². The van der Waals surface area contributed by atoms with Crippen LogP contribution in [-0.2, 0) is 0 Å². The topological polar surface area (TPSA) is 65.4 Å². The Labute approximate surface area is 116 Å². The number of aromatic nitrogens is 3. The van der Waals surface area contributed by atoms with Crippen LogP contribution in [0.5, 0.6) is 0 Å². The van der Waals surface area contributed by atoms with Gasteiger partial charge in [0.05, 0.1) is 6.61 Å². The van der Waals surface area contributed by atoms with Crippen LogP contribution in [0.3, 0.4) is 0 Å². The summed E-state index contributed by atoms with van der Waals surface area (Å²) in [7, 11) is 0. The molecule has 0 aromatic carbocycles. The first-order valence-corrected chi connectivity index (χ1v) is 6.60. The lowest BCUT2D eigenvalue weighted by Gasteiger charge is -2.22. The Morgan fingerprint density at radius 3 is 2.72 bits per heavy atom. The minimum absolute atomic E-state index is 0.103. The second kappa shape index (κ2) is 6.47. The molecule has 1 aromatic heterocycles. The summed E-state index contributed by atoms with van der Waals surface area (Å²) in [5, 5.41) is 16.7. The predicted molar refractivity (Wildman–Crippen MR) is 70.2 cm³/mol. The number of anilines is 1. The number of aliphatic hydroxyl groups is 1. The number of nitrogens with zero attached hydrogens (tertiary/aromatic N) is 5. The summed E-state index contributed by atoms with van der Waals surface area (Å²) in [6.45, 7) is 4.33. The van der Waals surface area contributed by atoms with E-state index in [1.807, 2.05) is 0 Å². The van der Waals surface area contributed by atoms with E-state index in [4.69, 9.17) is 28.3 Å². The van der Waals surface area contributed by atoms with Gasteiger partial charge in [-0.15, -0.1) is 10.2 Å². The summed E-state index contributed by atoms with van der Waals surface area (Å²) < 4.78 is 0. The molecule has 1 aliphatic rings. The second-order valence-corrected chi connectivity index (χ2v) is 4.80. The van der Waals surface area contributed by atoms with Crippen molar-refractivity contribution in [3.05, 3.63) is 10.4 Å². The Hall–Kier alpha value is -0.690. The van der Waals surface area contributed by atoms with Gasteiger partial charge in [0.1, 0.15) is 0 Å². The molecule has 100 valence electrons. The van der Waals surface area contributed by atoms with Gasteiger partial charge in [-0.2, -0.15) is 4.98 Å². The van der Waals surface area contributed by atoms with Crippen LogP contribution in [-0.4, -0.2) is 64.5 Å². The van der Waals surface area contributed by atoms with Gasteiger partial charge < -0.3 is 10.0 Å². The number of aliphatic hydroxyl groups excluding tert-OH is 1. The molecule has 1 fully saturated rings. The first-order chi connectivity index (χ1) is 8.70. The maximum Gasteiger partial charge on any atom is 0.245 e. The second-order valence-electron chi connectivity index (χ2n) is 4.10. The van der Waals surface area contributed by atoms with Crippen LogP contribution in [0, 0.1) is 0 Å². The molecule has 0 spiro atoms. The first kappa shape index (κ1) is 13.7. The first-order valence-electron chi connectivity index (χ1n) is 5.84. The lowest BCUT2D eigenvalue weighted by atomic mass is 10.4. The molecule has 0 radical (unpaired) electrons. The van der Waals surface area contributed by atoms with Gasteiger partial charge in [-0.05, 0) is 24.6 Å². The van der Waals surface area contributed by atoms with Gasteiger partial charge in [0, 0.05) is 26.2 Å². The van der Waals surface area contributed by atoms with E-state index in [-0.39, 0.29) is 17.0 Å². The fourth-order valence-electron chi connectivity index (χ4n) is 2.03. The highest BCUT2D eigenvalue weighted by molar-refractivity contribution is 6.32. The molecule has 8 heteroatoms. The molecule has 0 aliphatic carbocycles. The van der Waals surface area contributed by atoms with E-state index in [0.29, 0.717) is 12.4 Å². The van der Waals surface area contributed by atoms with Crippen molar-refractivity contribution in [1.29, 1.82) is 0 Å². The van der Waals surface area contributed by atoms with Crippen molar-refractivity contribution in [2.75, 3.05) is 44.2 Å². The molecule has 6 nitrogen and oxygen atoms in total. The third-order valence-corrected chi connectivity index (χ3v) is 3.31. The number of rotatable bonds is 3. The minimum Gasteiger partial charge on any atom is -0.395 e. The molecule has 0 bridgehead atoms. The van der Waals surface area contributed by atoms with Gasteiger partial charge in [0.2, 0.25) is 5.28 Å². The molecule has 18 heavy (non-hydrogen) atoms. The Bertz CT molecular complexity index is 406. The van der Waals surface area contributed by atoms with E-state index < -0.39 is 0 Å². The Morgan fingerprint density at radius 2 is 1.94 bits per heavy atom. The van der Waals surface area contributed by atoms with E-state index >= 15 is 0 Å². The van der Waals surface area contributed by atoms with E-state index in [0.717, 1.165) is 32.6 Å². The lowest BCUT2D eigenvalue weighted by Crippen LogP contribution is -2.33. The molecular weight excluding hydrogens is 277 g/mol. The maximum atomic E-state index is 8.95. The fourth-order valence-corrected chi connectivity index (χ4v) is 2.35. The van der Waals surface area contributed by atoms with Crippen molar-refractivity contribution in [2.24, 2.45) is 0 Å². The number of hydrogen-bond acceptors (Lipinski definition) is 6. The quantitative estimate of drug-likeness (QED) is 0.884. The van der Waals surface area contributed by atoms with E-state index in [1.165, 1.54) is 0 Å². The SMILES string of the molecule is OCCN1CCCN(c2nc(Cl)nnc2Cl)CC1. The zero-order valence-corrected chi connectivity index (χ0v) is 11.4. The van der Waals surface area contributed by atoms with Crippen LogP contribution < -0.4 is 4.90 Å². The van der Waals surface area contributed by atoms with Crippen LogP contribution in [0.1, 0.15) is 6.42 Å². The molecule has 1 N–H and O–H groups in total. The Morgan fingerprint density at radius 1 is 1.11 bits per heavy atom. The monoisotopic (exact) mass is 291 g/mol. The van der Waals surface area contributed by atoms with Gasteiger partial charge in [-0.3, -0.25) is 4.90 Å². The summed E-state index contributed by atoms with van der Waals surface area (Å²) >= 11 is 11.7. The number of hydrogen-bond donors (Lipinski definition) is 1. The fraction of sp³-hybridized carbons (Fsp3) is 0.700. The molecule has 0 atom stereocenters. The predicted octanol–water partition coefficient (Wildman–Crippen LogP) is 0.683. The largest absolute Gasteiger partial charge is 0.395 e. The van der Waals surface area contributed by atoms with Crippen LogP contribution in [0.4, 0.5) is 5.82 Å². The van der Waals surface area contributed by atoms with Gasteiger partial charge in [0.15, 0.2) is 11.0 Å². The van der Waals surface area contributed by atoms with E-state index in [9.17, 15) is 0 Å². The van der Waals surface area contributed by atoms with Gasteiger partial charge in [-0.25, -0.2) is 0 Å². The average molecular weight is 292 g/mol. The highest BCUT2D eigenvalue weighted by Crippen LogP contribution is 2.22. The standard InChI is InChI=1S/C10H15Cl2N5O/c11-8-9(13-10(12)15-14-8)17-3-1-2-16(4-5-17)6-7-18/h18H,1-7H2. The van der Waals surface area contributed by atoms with E-state index in [2.05, 4.69) is 25.0 Å². The Kier molecular flexibility index (Phi) is 4.94. The molecule has 2 heterocycles. The lowest BCUT2D eigenvalue weighted by molar-refractivity contribution is 0.204. The van der Waals surface area contributed by atoms with Crippen molar-refractivity contribution in [3.8, 4) is 0 Å². The van der Waals surface area contributed by atoms with Gasteiger partial charge >= 0.3 is 0 Å². The molecule has 1 aliphatic heterocycles. The molecular formula is C10H15Cl2N5O. The van der Waals surface area contributed by atoms with Crippen LogP contribution in [0.2, 0.25) is 10.4 Å². The van der Waals surface area contributed by atoms with Crippen LogP contribution >= 0.6 is 23.2 Å². The molecule has 0 amide bonds. The van der Waals surface area contributed by atoms with Crippen molar-refractivity contribution in [3.63, 3.8) is 0 Å². The van der Waals surface area contributed by atoms with E-state index in [1.54, 1.807) is 0 Å². The summed E-state index contributed by atoms with van der Waals surface area (Å²) in [5.41, 5.74) is 0. The summed E-state index contributed by atoms with van der Waals surface area (Å²) in [5.74, 6) is 0.586. The molecule has 0 saturated carbocycles. The van der Waals surface area contributed by atoms with Crippen molar-refractivity contribution in [1.82, 2.24) is 20.1 Å². The number of β-amino-alcohol motifs (C(OH)–C–C–N with tert-alkyl or cyclic N) is 1. The Balaban J connectivity index is 2.07. The van der Waals surface area contributed by atoms with Crippen molar-refractivity contribution >= 4 is 29.0 Å². The van der Waals surface area contributed by atoms with Crippen LogP contribution in [0.25, 0.3) is 0 Å². The highest BCUT2D eigenvalue weighted by atomic mass is 35.5. The summed E-state index contributed by atoms with van der Waals surface area (Å²) in [6, 6.07) is 0. The third-order valence-electron chi connectivity index (χ3n) is 2.91. The molecule has 1 saturated heterocycles. The average Bonchev–Trinajstić information content (AvgIpc) is 2.58. The molecule has 2 rings (SSSR count). The smallest absolute Gasteiger partial charge is 0.245 e. The maximum absolute atomic E-state index is 8.95. The number of halogens is 2. The van der Waals surface area contributed by atoms with Crippen molar-refractivity contribution in [2.45, 2.75) is 6.42 Å². The zero-order chi connectivity index (χ0) is 13.0. The summed E-state index contributed by atoms with van der Waals surface area (Å²) in [6.07, 6.45) is 0.984. The van der Waals surface area contributed by atoms with Gasteiger partial charge in [0.25, 0.3) is 0 Å². The molecule has 0 unspecified atom stereocenters. The highest BCUT2D eigenvalue weighted by Gasteiger charge is 2.19. The summed E-state index contributed by atoms with van der Waals surface area (Å²) in [4.78, 5) is 8.40. The van der Waals surface area contributed by atoms with Crippen molar-refractivity contribution < 1.29 is 5.11 Å². The minimum atomic E-state index is 0.103. The normalized spacial score (nSPS) is 17.8.